The van der Waals surface area contributed by atoms with E-state index in [0.29, 0.717) is 10.8 Å². The molecule has 2 N–H and O–H groups in total. The summed E-state index contributed by atoms with van der Waals surface area (Å²) < 4.78 is 0. The molecule has 1 heterocycles. The molecule has 0 fully saturated rings. The fourth-order valence-corrected chi connectivity index (χ4v) is 2.58. The Kier molecular flexibility index (Phi) is 4.49. The Balaban J connectivity index is 2.11. The second kappa shape index (κ2) is 6.13. The summed E-state index contributed by atoms with van der Waals surface area (Å²) in [5.41, 5.74) is 0.788. The SMILES string of the molecule is CC(C)C(C)NC(=O)C=C1Sc2ccccc2NC1=O. The van der Waals surface area contributed by atoms with Gasteiger partial charge in [0.15, 0.2) is 0 Å². The lowest BCUT2D eigenvalue weighted by Gasteiger charge is -2.19. The summed E-state index contributed by atoms with van der Waals surface area (Å²) in [6.07, 6.45) is 1.37. The minimum atomic E-state index is -0.235. The summed E-state index contributed by atoms with van der Waals surface area (Å²) in [6.45, 7) is 6.03. The van der Waals surface area contributed by atoms with Gasteiger partial charge in [-0.05, 0) is 25.0 Å². The Labute approximate surface area is 123 Å². The molecule has 0 aliphatic carbocycles. The second-order valence-corrected chi connectivity index (χ2v) is 6.19. The number of nitrogens with one attached hydrogen (secondary N) is 2. The lowest BCUT2D eigenvalue weighted by Crippen LogP contribution is -2.35. The molecule has 0 spiro atoms. The third-order valence-electron chi connectivity index (χ3n) is 3.21. The predicted molar refractivity (Wildman–Crippen MR) is 81.5 cm³/mol. The lowest BCUT2D eigenvalue weighted by molar-refractivity contribution is -0.118. The summed E-state index contributed by atoms with van der Waals surface area (Å²) in [5.74, 6) is -0.116. The highest BCUT2D eigenvalue weighted by molar-refractivity contribution is 8.04. The van der Waals surface area contributed by atoms with Gasteiger partial charge < -0.3 is 10.6 Å². The molecular formula is C15H18N2O2S. The Morgan fingerprint density at radius 3 is 2.70 bits per heavy atom. The number of para-hydroxylation sites is 1. The molecule has 20 heavy (non-hydrogen) atoms. The van der Waals surface area contributed by atoms with Crippen molar-refractivity contribution in [3.8, 4) is 0 Å². The number of benzene rings is 1. The molecule has 4 nitrogen and oxygen atoms in total. The smallest absolute Gasteiger partial charge is 0.262 e. The summed E-state index contributed by atoms with van der Waals surface area (Å²) in [6, 6.07) is 7.61. The van der Waals surface area contributed by atoms with Gasteiger partial charge in [-0.2, -0.15) is 0 Å². The molecule has 106 valence electrons. The van der Waals surface area contributed by atoms with Crippen molar-refractivity contribution in [3.05, 3.63) is 35.2 Å². The molecule has 2 rings (SSSR count). The fourth-order valence-electron chi connectivity index (χ4n) is 1.65. The topological polar surface area (TPSA) is 58.2 Å². The van der Waals surface area contributed by atoms with Crippen molar-refractivity contribution in [1.29, 1.82) is 0 Å². The van der Waals surface area contributed by atoms with Crippen LogP contribution in [0.5, 0.6) is 0 Å². The number of thioether (sulfide) groups is 1. The van der Waals surface area contributed by atoms with Gasteiger partial charge in [0.2, 0.25) is 5.91 Å². The third-order valence-corrected chi connectivity index (χ3v) is 4.31. The standard InChI is InChI=1S/C15H18N2O2S/c1-9(2)10(3)16-14(18)8-13-15(19)17-11-6-4-5-7-12(11)20-13/h4-10H,1-3H3,(H,16,18)(H,17,19). The van der Waals surface area contributed by atoms with Crippen molar-refractivity contribution in [2.24, 2.45) is 5.92 Å². The first-order valence-corrected chi connectivity index (χ1v) is 7.39. The van der Waals surface area contributed by atoms with E-state index in [1.54, 1.807) is 0 Å². The van der Waals surface area contributed by atoms with Crippen LogP contribution in [0.3, 0.4) is 0 Å². The zero-order valence-corrected chi connectivity index (χ0v) is 12.6. The van der Waals surface area contributed by atoms with E-state index in [1.807, 2.05) is 45.0 Å². The number of anilines is 1. The summed E-state index contributed by atoms with van der Waals surface area (Å²) in [7, 11) is 0. The molecule has 0 radical (unpaired) electrons. The zero-order chi connectivity index (χ0) is 14.7. The van der Waals surface area contributed by atoms with Crippen LogP contribution < -0.4 is 10.6 Å². The quantitative estimate of drug-likeness (QED) is 0.842. The van der Waals surface area contributed by atoms with Crippen LogP contribution in [0, 0.1) is 5.92 Å². The summed E-state index contributed by atoms with van der Waals surface area (Å²) in [4.78, 5) is 25.2. The van der Waals surface area contributed by atoms with Gasteiger partial charge in [0.1, 0.15) is 0 Å². The van der Waals surface area contributed by atoms with E-state index in [9.17, 15) is 9.59 Å². The number of hydrogen-bond acceptors (Lipinski definition) is 3. The van der Waals surface area contributed by atoms with Crippen LogP contribution >= 0.6 is 11.8 Å². The summed E-state index contributed by atoms with van der Waals surface area (Å²) in [5, 5.41) is 5.65. The van der Waals surface area contributed by atoms with Gasteiger partial charge in [-0.15, -0.1) is 0 Å². The number of fused-ring (bicyclic) bond motifs is 1. The molecule has 0 bridgehead atoms. The monoisotopic (exact) mass is 290 g/mol. The highest BCUT2D eigenvalue weighted by Crippen LogP contribution is 2.37. The van der Waals surface area contributed by atoms with Crippen LogP contribution in [0.1, 0.15) is 20.8 Å². The molecule has 1 aliphatic rings. The molecule has 2 amide bonds. The van der Waals surface area contributed by atoms with E-state index in [2.05, 4.69) is 10.6 Å². The van der Waals surface area contributed by atoms with Gasteiger partial charge in [0, 0.05) is 17.0 Å². The molecule has 0 aromatic heterocycles. The van der Waals surface area contributed by atoms with Crippen molar-refractivity contribution in [1.82, 2.24) is 5.32 Å². The molecule has 1 aromatic carbocycles. The Hall–Kier alpha value is -1.75. The molecule has 5 heteroatoms. The number of amides is 2. The predicted octanol–water partition coefficient (Wildman–Crippen LogP) is 2.78. The summed E-state index contributed by atoms with van der Waals surface area (Å²) >= 11 is 1.32. The van der Waals surface area contributed by atoms with Crippen molar-refractivity contribution in [2.45, 2.75) is 31.7 Å². The molecule has 1 aliphatic heterocycles. The molecule has 0 saturated carbocycles. The molecular weight excluding hydrogens is 272 g/mol. The maximum atomic E-state index is 11.9. The first-order valence-electron chi connectivity index (χ1n) is 6.58. The minimum absolute atomic E-state index is 0.0725. The van der Waals surface area contributed by atoms with Gasteiger partial charge >= 0.3 is 0 Å². The van der Waals surface area contributed by atoms with Crippen molar-refractivity contribution in [2.75, 3.05) is 5.32 Å². The van der Waals surface area contributed by atoms with Crippen molar-refractivity contribution in [3.63, 3.8) is 0 Å². The normalized spacial score (nSPS) is 17.6. The molecule has 1 atom stereocenters. The third kappa shape index (κ3) is 3.42. The van der Waals surface area contributed by atoms with Crippen LogP contribution in [0.15, 0.2) is 40.1 Å². The Morgan fingerprint density at radius 2 is 2.00 bits per heavy atom. The maximum absolute atomic E-state index is 11.9. The number of carbonyl (C=O) groups excluding carboxylic acids is 2. The fraction of sp³-hybridized carbons (Fsp3) is 0.333. The van der Waals surface area contributed by atoms with Crippen LogP contribution in [0.2, 0.25) is 0 Å². The first kappa shape index (κ1) is 14.7. The van der Waals surface area contributed by atoms with E-state index < -0.39 is 0 Å². The minimum Gasteiger partial charge on any atom is -0.350 e. The molecule has 0 saturated heterocycles. The van der Waals surface area contributed by atoms with Crippen molar-refractivity contribution >= 4 is 29.3 Å². The lowest BCUT2D eigenvalue weighted by atomic mass is 10.1. The van der Waals surface area contributed by atoms with E-state index in [1.165, 1.54) is 17.8 Å². The van der Waals surface area contributed by atoms with Gasteiger partial charge in [-0.3, -0.25) is 9.59 Å². The number of carbonyl (C=O) groups is 2. The van der Waals surface area contributed by atoms with Crippen LogP contribution in [0.4, 0.5) is 5.69 Å². The maximum Gasteiger partial charge on any atom is 0.262 e. The highest BCUT2D eigenvalue weighted by Gasteiger charge is 2.21. The van der Waals surface area contributed by atoms with Crippen LogP contribution in [-0.4, -0.2) is 17.9 Å². The van der Waals surface area contributed by atoms with Gasteiger partial charge in [-0.1, -0.05) is 37.7 Å². The van der Waals surface area contributed by atoms with Gasteiger partial charge in [0.05, 0.1) is 10.6 Å². The van der Waals surface area contributed by atoms with Gasteiger partial charge in [-0.25, -0.2) is 0 Å². The van der Waals surface area contributed by atoms with E-state index in [-0.39, 0.29) is 17.9 Å². The number of hydrogen-bond donors (Lipinski definition) is 2. The number of rotatable bonds is 3. The van der Waals surface area contributed by atoms with Crippen LogP contribution in [-0.2, 0) is 9.59 Å². The second-order valence-electron chi connectivity index (χ2n) is 5.10. The average Bonchev–Trinajstić information content (AvgIpc) is 2.39. The van der Waals surface area contributed by atoms with Crippen molar-refractivity contribution < 1.29 is 9.59 Å². The molecule has 1 unspecified atom stereocenters. The molecule has 1 aromatic rings. The van der Waals surface area contributed by atoms with E-state index in [0.717, 1.165) is 10.6 Å². The Morgan fingerprint density at radius 1 is 1.30 bits per heavy atom. The first-order chi connectivity index (χ1) is 9.47. The zero-order valence-electron chi connectivity index (χ0n) is 11.8. The Bertz CT molecular complexity index is 567. The highest BCUT2D eigenvalue weighted by atomic mass is 32.2. The van der Waals surface area contributed by atoms with Gasteiger partial charge in [0.25, 0.3) is 5.91 Å². The largest absolute Gasteiger partial charge is 0.350 e. The van der Waals surface area contributed by atoms with Crippen LogP contribution in [0.25, 0.3) is 0 Å². The average molecular weight is 290 g/mol. The van der Waals surface area contributed by atoms with E-state index >= 15 is 0 Å². The van der Waals surface area contributed by atoms with E-state index in [4.69, 9.17) is 0 Å².